The van der Waals surface area contributed by atoms with E-state index < -0.39 is 0 Å². The van der Waals surface area contributed by atoms with Crippen molar-refractivity contribution in [3.63, 3.8) is 0 Å². The van der Waals surface area contributed by atoms with Gasteiger partial charge in [-0.2, -0.15) is 0 Å². The summed E-state index contributed by atoms with van der Waals surface area (Å²) in [5, 5.41) is 5.73. The zero-order valence-corrected chi connectivity index (χ0v) is 13.8. The Kier molecular flexibility index (Phi) is 3.57. The number of rotatable bonds is 4. The molecule has 21 heavy (non-hydrogen) atoms. The van der Waals surface area contributed by atoms with Crippen molar-refractivity contribution >= 4 is 32.1 Å². The third kappa shape index (κ3) is 2.33. The Balaban J connectivity index is 1.77. The molecule has 1 atom stereocenters. The number of hydrogen-bond donors (Lipinski definition) is 1. The Morgan fingerprint density at radius 3 is 2.71 bits per heavy atom. The van der Waals surface area contributed by atoms with Gasteiger partial charge in [0.15, 0.2) is 0 Å². The van der Waals surface area contributed by atoms with Gasteiger partial charge in [-0.05, 0) is 54.4 Å². The van der Waals surface area contributed by atoms with Crippen LogP contribution in [0.4, 0.5) is 0 Å². The molecule has 0 saturated heterocycles. The summed E-state index contributed by atoms with van der Waals surface area (Å²) in [5.41, 5.74) is 3.03. The highest BCUT2D eigenvalue weighted by Crippen LogP contribution is 2.42. The maximum Gasteiger partial charge on any atom is 0.0672 e. The predicted octanol–water partition coefficient (Wildman–Crippen LogP) is 5.54. The van der Waals surface area contributed by atoms with Crippen molar-refractivity contribution in [2.45, 2.75) is 31.2 Å². The highest BCUT2D eigenvalue weighted by atomic mass is 32.1. The number of thiophene rings is 2. The molecule has 1 aliphatic carbocycles. The lowest BCUT2D eigenvalue weighted by Gasteiger charge is -2.30. The molecular formula is C18H19NS2. The second-order valence-electron chi connectivity index (χ2n) is 5.78. The first-order valence-electron chi connectivity index (χ1n) is 7.60. The first kappa shape index (κ1) is 13.5. The molecule has 0 amide bonds. The quantitative estimate of drug-likeness (QED) is 0.667. The van der Waals surface area contributed by atoms with Crippen molar-refractivity contribution in [1.29, 1.82) is 0 Å². The van der Waals surface area contributed by atoms with Crippen molar-refractivity contribution in [3.05, 3.63) is 57.8 Å². The average Bonchev–Trinajstić information content (AvgIpc) is 3.01. The molecule has 0 spiro atoms. The monoisotopic (exact) mass is 313 g/mol. The molecule has 2 aromatic heterocycles. The van der Waals surface area contributed by atoms with Gasteiger partial charge in [-0.25, -0.2) is 0 Å². The molecule has 4 rings (SSSR count). The molecule has 1 unspecified atom stereocenters. The summed E-state index contributed by atoms with van der Waals surface area (Å²) in [4.78, 5) is 1.44. The molecule has 0 aliphatic heterocycles. The minimum Gasteiger partial charge on any atom is -0.309 e. The SMILES string of the molecule is CNC(c1cc2sccc2s1)c1ccccc1C1CCC1. The van der Waals surface area contributed by atoms with Gasteiger partial charge in [0.05, 0.1) is 6.04 Å². The van der Waals surface area contributed by atoms with E-state index in [0.717, 1.165) is 5.92 Å². The van der Waals surface area contributed by atoms with Crippen LogP contribution in [0.1, 0.15) is 47.2 Å². The third-order valence-electron chi connectivity index (χ3n) is 4.58. The van der Waals surface area contributed by atoms with Crippen LogP contribution in [0, 0.1) is 0 Å². The summed E-state index contributed by atoms with van der Waals surface area (Å²) in [5.74, 6) is 0.776. The summed E-state index contributed by atoms with van der Waals surface area (Å²) in [6, 6.07) is 13.9. The summed E-state index contributed by atoms with van der Waals surface area (Å²) >= 11 is 3.77. The smallest absolute Gasteiger partial charge is 0.0672 e. The minimum atomic E-state index is 0.325. The average molecular weight is 313 g/mol. The van der Waals surface area contributed by atoms with Gasteiger partial charge in [0, 0.05) is 14.3 Å². The van der Waals surface area contributed by atoms with Gasteiger partial charge in [0.2, 0.25) is 0 Å². The van der Waals surface area contributed by atoms with Crippen LogP contribution in [0.25, 0.3) is 9.40 Å². The first-order chi connectivity index (χ1) is 10.4. The second-order valence-corrected chi connectivity index (χ2v) is 7.84. The van der Waals surface area contributed by atoms with Crippen molar-refractivity contribution in [1.82, 2.24) is 5.32 Å². The Morgan fingerprint density at radius 2 is 2.00 bits per heavy atom. The Bertz CT molecular complexity index is 723. The van der Waals surface area contributed by atoms with Crippen LogP contribution in [-0.2, 0) is 0 Å². The summed E-state index contributed by atoms with van der Waals surface area (Å²) in [6.07, 6.45) is 4.10. The minimum absolute atomic E-state index is 0.325. The summed E-state index contributed by atoms with van der Waals surface area (Å²) in [6.45, 7) is 0. The molecule has 108 valence electrons. The van der Waals surface area contributed by atoms with Crippen molar-refractivity contribution in [2.24, 2.45) is 0 Å². The fourth-order valence-electron chi connectivity index (χ4n) is 3.24. The highest BCUT2D eigenvalue weighted by molar-refractivity contribution is 7.27. The van der Waals surface area contributed by atoms with E-state index in [0.29, 0.717) is 6.04 Å². The lowest BCUT2D eigenvalue weighted by atomic mass is 9.77. The summed E-state index contributed by atoms with van der Waals surface area (Å²) in [7, 11) is 2.08. The Labute approximate surface area is 133 Å². The molecule has 1 fully saturated rings. The van der Waals surface area contributed by atoms with Gasteiger partial charge < -0.3 is 5.32 Å². The molecule has 2 heterocycles. The van der Waals surface area contributed by atoms with Crippen molar-refractivity contribution < 1.29 is 0 Å². The standard InChI is InChI=1S/C18H19NS2/c1-19-18(17-11-16-15(21-17)9-10-20-16)14-8-3-2-7-13(14)12-5-4-6-12/h2-3,7-12,18-19H,4-6H2,1H3. The van der Waals surface area contributed by atoms with Crippen LogP contribution in [0.2, 0.25) is 0 Å². The van der Waals surface area contributed by atoms with Crippen LogP contribution < -0.4 is 5.32 Å². The molecule has 1 nitrogen and oxygen atoms in total. The largest absolute Gasteiger partial charge is 0.309 e. The van der Waals surface area contributed by atoms with E-state index in [1.54, 1.807) is 5.56 Å². The van der Waals surface area contributed by atoms with Crippen LogP contribution in [-0.4, -0.2) is 7.05 Å². The van der Waals surface area contributed by atoms with Gasteiger partial charge in [-0.1, -0.05) is 30.7 Å². The lowest BCUT2D eigenvalue weighted by molar-refractivity contribution is 0.415. The van der Waals surface area contributed by atoms with Gasteiger partial charge >= 0.3 is 0 Å². The number of fused-ring (bicyclic) bond motifs is 1. The van der Waals surface area contributed by atoms with E-state index in [2.05, 4.69) is 54.1 Å². The van der Waals surface area contributed by atoms with E-state index in [1.807, 2.05) is 22.7 Å². The van der Waals surface area contributed by atoms with Crippen LogP contribution in [0.15, 0.2) is 41.8 Å². The Morgan fingerprint density at radius 1 is 1.14 bits per heavy atom. The van der Waals surface area contributed by atoms with E-state index in [4.69, 9.17) is 0 Å². The topological polar surface area (TPSA) is 12.0 Å². The fraction of sp³-hybridized carbons (Fsp3) is 0.333. The summed E-state index contributed by atoms with van der Waals surface area (Å²) < 4.78 is 2.83. The highest BCUT2D eigenvalue weighted by Gasteiger charge is 2.25. The lowest BCUT2D eigenvalue weighted by Crippen LogP contribution is -2.20. The Hall–Kier alpha value is -1.16. The van der Waals surface area contributed by atoms with Gasteiger partial charge in [-0.15, -0.1) is 22.7 Å². The maximum atomic E-state index is 3.54. The normalized spacial score (nSPS) is 17.0. The maximum absolute atomic E-state index is 3.54. The van der Waals surface area contributed by atoms with E-state index in [-0.39, 0.29) is 0 Å². The zero-order valence-electron chi connectivity index (χ0n) is 12.1. The van der Waals surface area contributed by atoms with Crippen LogP contribution in [0.5, 0.6) is 0 Å². The number of benzene rings is 1. The zero-order chi connectivity index (χ0) is 14.2. The van der Waals surface area contributed by atoms with Crippen LogP contribution in [0.3, 0.4) is 0 Å². The third-order valence-corrected chi connectivity index (χ3v) is 6.74. The van der Waals surface area contributed by atoms with Gasteiger partial charge in [0.1, 0.15) is 0 Å². The van der Waals surface area contributed by atoms with Gasteiger partial charge in [-0.3, -0.25) is 0 Å². The molecule has 0 bridgehead atoms. The molecule has 1 N–H and O–H groups in total. The fourth-order valence-corrected chi connectivity index (χ4v) is 5.49. The van der Waals surface area contributed by atoms with Gasteiger partial charge in [0.25, 0.3) is 0 Å². The van der Waals surface area contributed by atoms with Crippen molar-refractivity contribution in [2.75, 3.05) is 7.05 Å². The first-order valence-corrected chi connectivity index (χ1v) is 9.29. The molecule has 0 radical (unpaired) electrons. The number of hydrogen-bond acceptors (Lipinski definition) is 3. The molecule has 1 aromatic carbocycles. The predicted molar refractivity (Wildman–Crippen MR) is 93.6 cm³/mol. The van der Waals surface area contributed by atoms with Crippen molar-refractivity contribution in [3.8, 4) is 0 Å². The van der Waals surface area contributed by atoms with E-state index in [9.17, 15) is 0 Å². The second kappa shape index (κ2) is 5.56. The molecule has 3 aromatic rings. The van der Waals surface area contributed by atoms with E-state index in [1.165, 1.54) is 39.1 Å². The number of nitrogens with one attached hydrogen (secondary N) is 1. The molecule has 1 saturated carbocycles. The molecule has 1 aliphatic rings. The molecule has 3 heteroatoms. The van der Waals surface area contributed by atoms with Crippen LogP contribution >= 0.6 is 22.7 Å². The molecular weight excluding hydrogens is 294 g/mol. The van der Waals surface area contributed by atoms with E-state index >= 15 is 0 Å².